The predicted octanol–water partition coefficient (Wildman–Crippen LogP) is 10.5. The highest BCUT2D eigenvalue weighted by atomic mass is 16.3. The molecule has 0 saturated carbocycles. The monoisotopic (exact) mass is 604 g/mol. The van der Waals surface area contributed by atoms with Crippen LogP contribution in [0.3, 0.4) is 0 Å². The number of hydrogen-bond acceptors (Lipinski definition) is 4. The lowest BCUT2D eigenvalue weighted by Gasteiger charge is -2.22. The summed E-state index contributed by atoms with van der Waals surface area (Å²) in [5.41, 5.74) is 10.5. The maximum absolute atomic E-state index is 6.34. The van der Waals surface area contributed by atoms with E-state index < -0.39 is 0 Å². The number of hydrogen-bond donors (Lipinski definition) is 0. The Morgan fingerprint density at radius 2 is 1.19 bits per heavy atom. The van der Waals surface area contributed by atoms with Crippen molar-refractivity contribution in [3.8, 4) is 39.9 Å². The second kappa shape index (κ2) is 9.47. The summed E-state index contributed by atoms with van der Waals surface area (Å²) in [5.74, 6) is 1.88. The Morgan fingerprint density at radius 3 is 1.96 bits per heavy atom. The molecule has 3 heterocycles. The van der Waals surface area contributed by atoms with E-state index in [0.717, 1.165) is 44.3 Å². The van der Waals surface area contributed by atoms with Crippen LogP contribution in [0, 0.1) is 0 Å². The zero-order chi connectivity index (χ0) is 31.3. The molecule has 0 amide bonds. The first-order valence-electron chi connectivity index (χ1n) is 16.0. The average Bonchev–Trinajstić information content (AvgIpc) is 3.74. The van der Waals surface area contributed by atoms with Gasteiger partial charge in [0.2, 0.25) is 5.95 Å². The van der Waals surface area contributed by atoms with Crippen LogP contribution in [0.5, 0.6) is 0 Å². The van der Waals surface area contributed by atoms with Crippen molar-refractivity contribution in [1.82, 2.24) is 19.5 Å². The molecule has 0 aliphatic heterocycles. The highest BCUT2D eigenvalue weighted by Gasteiger charge is 2.40. The van der Waals surface area contributed by atoms with E-state index in [9.17, 15) is 0 Å². The minimum Gasteiger partial charge on any atom is -0.456 e. The molecule has 9 aromatic rings. The molecule has 0 fully saturated rings. The first-order valence-corrected chi connectivity index (χ1v) is 16.0. The van der Waals surface area contributed by atoms with Crippen LogP contribution in [-0.2, 0) is 5.41 Å². The number of nitrogens with zero attached hydrogens (tertiary/aromatic N) is 4. The summed E-state index contributed by atoms with van der Waals surface area (Å²) in [6, 6.07) is 46.3. The first-order chi connectivity index (χ1) is 23.1. The molecule has 1 aliphatic rings. The molecule has 0 radical (unpaired) electrons. The Balaban J connectivity index is 1.29. The molecule has 5 heteroatoms. The van der Waals surface area contributed by atoms with E-state index >= 15 is 0 Å². The Morgan fingerprint density at radius 1 is 0.532 bits per heavy atom. The number of aromatic nitrogens is 4. The highest BCUT2D eigenvalue weighted by Crippen LogP contribution is 2.55. The normalized spacial score (nSPS) is 13.5. The Labute approximate surface area is 270 Å². The van der Waals surface area contributed by atoms with Gasteiger partial charge in [-0.2, -0.15) is 9.97 Å². The SMILES string of the molecule is CC1(C)c2cccc(-c3nc(-c4ccccc4)nc(-n4c5ccccc5c5ccccc54)n3)c2-c2ccc3oc4ccccc4c3c21. The van der Waals surface area contributed by atoms with Crippen molar-refractivity contribution >= 4 is 43.7 Å². The fraction of sp³-hybridized carbons (Fsp3) is 0.0714. The summed E-state index contributed by atoms with van der Waals surface area (Å²) in [5, 5.41) is 4.65. The second-order valence-corrected chi connectivity index (χ2v) is 12.8. The fourth-order valence-electron chi connectivity index (χ4n) is 7.80. The molecule has 10 rings (SSSR count). The third-order valence-corrected chi connectivity index (χ3v) is 9.85. The zero-order valence-corrected chi connectivity index (χ0v) is 25.9. The lowest BCUT2D eigenvalue weighted by molar-refractivity contribution is 0.657. The van der Waals surface area contributed by atoms with Gasteiger partial charge in [0.15, 0.2) is 11.6 Å². The molecule has 0 unspecified atom stereocenters. The topological polar surface area (TPSA) is 56.7 Å². The van der Waals surface area contributed by atoms with E-state index in [1.165, 1.54) is 32.8 Å². The number of para-hydroxylation sites is 3. The van der Waals surface area contributed by atoms with Crippen molar-refractivity contribution in [3.63, 3.8) is 0 Å². The van der Waals surface area contributed by atoms with Gasteiger partial charge in [-0.1, -0.05) is 123 Å². The van der Waals surface area contributed by atoms with Crippen LogP contribution in [0.4, 0.5) is 0 Å². The van der Waals surface area contributed by atoms with Crippen LogP contribution >= 0.6 is 0 Å². The van der Waals surface area contributed by atoms with Gasteiger partial charge >= 0.3 is 0 Å². The van der Waals surface area contributed by atoms with Gasteiger partial charge < -0.3 is 4.42 Å². The van der Waals surface area contributed by atoms with Crippen molar-refractivity contribution in [1.29, 1.82) is 0 Å². The van der Waals surface area contributed by atoms with E-state index in [-0.39, 0.29) is 5.41 Å². The zero-order valence-electron chi connectivity index (χ0n) is 25.9. The third-order valence-electron chi connectivity index (χ3n) is 9.85. The molecule has 0 spiro atoms. The van der Waals surface area contributed by atoms with Crippen LogP contribution in [0.2, 0.25) is 0 Å². The van der Waals surface area contributed by atoms with Gasteiger partial charge in [0.05, 0.1) is 11.0 Å². The molecule has 222 valence electrons. The Kier molecular flexibility index (Phi) is 5.28. The standard InChI is InChI=1S/C42H28N4O/c1-42(2)31-19-12-18-30(36(31)29-23-24-35-37(38(29)42)28-17-8-11-22-34(28)47-35)40-43-39(25-13-4-3-5-14-25)44-41(45-40)46-32-20-9-6-15-26(32)27-16-7-10-21-33(27)46/h3-24H,1-2H3. The average molecular weight is 605 g/mol. The van der Waals surface area contributed by atoms with Crippen molar-refractivity contribution in [2.75, 3.05) is 0 Å². The van der Waals surface area contributed by atoms with Crippen LogP contribution in [0.1, 0.15) is 25.0 Å². The number of rotatable bonds is 3. The van der Waals surface area contributed by atoms with Gasteiger partial charge in [-0.15, -0.1) is 0 Å². The molecule has 0 saturated heterocycles. The summed E-state index contributed by atoms with van der Waals surface area (Å²) in [6.07, 6.45) is 0. The molecule has 0 atom stereocenters. The molecule has 6 aromatic carbocycles. The first kappa shape index (κ1) is 26.2. The van der Waals surface area contributed by atoms with Crippen LogP contribution in [0.15, 0.2) is 138 Å². The third kappa shape index (κ3) is 3.62. The van der Waals surface area contributed by atoms with Crippen LogP contribution in [-0.4, -0.2) is 19.5 Å². The number of furan rings is 1. The van der Waals surface area contributed by atoms with Gasteiger partial charge in [0, 0.05) is 38.1 Å². The molecular weight excluding hydrogens is 576 g/mol. The minimum atomic E-state index is -0.266. The summed E-state index contributed by atoms with van der Waals surface area (Å²) in [4.78, 5) is 15.6. The lowest BCUT2D eigenvalue weighted by atomic mass is 9.80. The van der Waals surface area contributed by atoms with E-state index in [4.69, 9.17) is 19.4 Å². The molecule has 0 bridgehead atoms. The van der Waals surface area contributed by atoms with E-state index in [2.05, 4.69) is 122 Å². The Hall–Kier alpha value is -6.07. The minimum absolute atomic E-state index is 0.266. The van der Waals surface area contributed by atoms with Crippen LogP contribution in [0.25, 0.3) is 83.6 Å². The van der Waals surface area contributed by atoms with E-state index in [0.29, 0.717) is 17.6 Å². The number of benzene rings is 6. The summed E-state index contributed by atoms with van der Waals surface area (Å²) >= 11 is 0. The van der Waals surface area contributed by atoms with Crippen molar-refractivity contribution < 1.29 is 4.42 Å². The molecule has 1 aliphatic carbocycles. The van der Waals surface area contributed by atoms with Gasteiger partial charge in [-0.05, 0) is 46.5 Å². The van der Waals surface area contributed by atoms with Gasteiger partial charge in [-0.3, -0.25) is 4.57 Å². The van der Waals surface area contributed by atoms with Gasteiger partial charge in [0.25, 0.3) is 0 Å². The number of fused-ring (bicyclic) bond motifs is 10. The smallest absolute Gasteiger partial charge is 0.238 e. The van der Waals surface area contributed by atoms with Crippen molar-refractivity contribution in [2.45, 2.75) is 19.3 Å². The molecular formula is C42H28N4O. The fourth-order valence-corrected chi connectivity index (χ4v) is 7.80. The lowest BCUT2D eigenvalue weighted by Crippen LogP contribution is -2.15. The summed E-state index contributed by atoms with van der Waals surface area (Å²) in [6.45, 7) is 4.63. The van der Waals surface area contributed by atoms with E-state index in [1.54, 1.807) is 0 Å². The second-order valence-electron chi connectivity index (χ2n) is 12.8. The van der Waals surface area contributed by atoms with Gasteiger partial charge in [-0.25, -0.2) is 4.98 Å². The highest BCUT2D eigenvalue weighted by molar-refractivity contribution is 6.12. The van der Waals surface area contributed by atoms with Crippen LogP contribution < -0.4 is 0 Å². The largest absolute Gasteiger partial charge is 0.456 e. The maximum Gasteiger partial charge on any atom is 0.238 e. The summed E-state index contributed by atoms with van der Waals surface area (Å²) in [7, 11) is 0. The Bertz CT molecular complexity index is 2660. The molecule has 0 N–H and O–H groups in total. The predicted molar refractivity (Wildman–Crippen MR) is 190 cm³/mol. The molecule has 47 heavy (non-hydrogen) atoms. The molecule has 5 nitrogen and oxygen atoms in total. The molecule has 3 aromatic heterocycles. The van der Waals surface area contributed by atoms with Crippen molar-refractivity contribution in [3.05, 3.63) is 145 Å². The maximum atomic E-state index is 6.34. The van der Waals surface area contributed by atoms with Crippen molar-refractivity contribution in [2.24, 2.45) is 0 Å². The quantitative estimate of drug-likeness (QED) is 0.201. The summed E-state index contributed by atoms with van der Waals surface area (Å²) < 4.78 is 8.51. The van der Waals surface area contributed by atoms with Gasteiger partial charge in [0.1, 0.15) is 11.2 Å². The van der Waals surface area contributed by atoms with E-state index in [1.807, 2.05) is 30.3 Å².